The molecule has 0 radical (unpaired) electrons. The van der Waals surface area contributed by atoms with Crippen LogP contribution < -0.4 is 10.6 Å². The van der Waals surface area contributed by atoms with Crippen molar-refractivity contribution in [2.24, 2.45) is 5.92 Å². The molecule has 2 rings (SSSR count). The van der Waals surface area contributed by atoms with Crippen molar-refractivity contribution in [3.63, 3.8) is 0 Å². The number of amides is 1. The van der Waals surface area contributed by atoms with Gasteiger partial charge in [0.05, 0.1) is 11.7 Å². The lowest BCUT2D eigenvalue weighted by molar-refractivity contribution is -0.120. The van der Waals surface area contributed by atoms with Crippen molar-refractivity contribution in [3.05, 3.63) is 12.7 Å². The molecule has 3 nitrogen and oxygen atoms in total. The van der Waals surface area contributed by atoms with Crippen LogP contribution in [0.15, 0.2) is 12.7 Å². The van der Waals surface area contributed by atoms with Gasteiger partial charge in [0.2, 0.25) is 5.91 Å². The van der Waals surface area contributed by atoms with Gasteiger partial charge in [0.15, 0.2) is 0 Å². The summed E-state index contributed by atoms with van der Waals surface area (Å²) < 4.78 is 0. The molecule has 2 aliphatic rings. The smallest absolute Gasteiger partial charge is 0.238 e. The fraction of sp³-hybridized carbons (Fsp3) is 0.786. The molecule has 0 bridgehead atoms. The number of allylic oxidation sites excluding steroid dienone is 1. The second-order valence-corrected chi connectivity index (χ2v) is 5.49. The molecule has 1 heterocycles. The van der Waals surface area contributed by atoms with E-state index in [1.165, 1.54) is 32.1 Å². The first-order valence-electron chi connectivity index (χ1n) is 6.88. The maximum atomic E-state index is 11.7. The van der Waals surface area contributed by atoms with Gasteiger partial charge in [-0.25, -0.2) is 0 Å². The zero-order valence-corrected chi connectivity index (χ0v) is 10.8. The minimum Gasteiger partial charge on any atom is -0.336 e. The molecular formula is C14H24N2O. The molecule has 3 atom stereocenters. The lowest BCUT2D eigenvalue weighted by Crippen LogP contribution is -2.53. The number of unbranched alkanes of at least 4 members (excludes halogenated alkanes) is 2. The summed E-state index contributed by atoms with van der Waals surface area (Å²) >= 11 is 0. The van der Waals surface area contributed by atoms with E-state index >= 15 is 0 Å². The van der Waals surface area contributed by atoms with E-state index in [0.29, 0.717) is 5.92 Å². The van der Waals surface area contributed by atoms with Gasteiger partial charge in [-0.15, -0.1) is 6.58 Å². The van der Waals surface area contributed by atoms with Crippen LogP contribution in [0.3, 0.4) is 0 Å². The maximum Gasteiger partial charge on any atom is 0.238 e. The Morgan fingerprint density at radius 3 is 3.00 bits per heavy atom. The van der Waals surface area contributed by atoms with Crippen LogP contribution in [0.5, 0.6) is 0 Å². The van der Waals surface area contributed by atoms with Gasteiger partial charge < -0.3 is 5.32 Å². The van der Waals surface area contributed by atoms with E-state index in [2.05, 4.69) is 17.2 Å². The van der Waals surface area contributed by atoms with E-state index in [1.807, 2.05) is 13.0 Å². The fourth-order valence-electron chi connectivity index (χ4n) is 3.32. The largest absolute Gasteiger partial charge is 0.336 e. The second-order valence-electron chi connectivity index (χ2n) is 5.49. The molecule has 1 saturated heterocycles. The first-order chi connectivity index (χ1) is 8.18. The average molecular weight is 236 g/mol. The van der Waals surface area contributed by atoms with Gasteiger partial charge in [0, 0.05) is 0 Å². The van der Waals surface area contributed by atoms with Crippen molar-refractivity contribution in [3.8, 4) is 0 Å². The molecule has 96 valence electrons. The molecule has 3 heteroatoms. The van der Waals surface area contributed by atoms with Crippen molar-refractivity contribution in [2.45, 2.75) is 63.6 Å². The van der Waals surface area contributed by atoms with E-state index in [9.17, 15) is 4.79 Å². The Bertz CT molecular complexity index is 303. The van der Waals surface area contributed by atoms with Gasteiger partial charge in [-0.2, -0.15) is 0 Å². The molecule has 0 aromatic carbocycles. The van der Waals surface area contributed by atoms with Crippen molar-refractivity contribution in [1.29, 1.82) is 0 Å². The number of hydrogen-bond donors (Lipinski definition) is 2. The molecule has 2 fully saturated rings. The standard InChI is InChI=1S/C14H24N2O/c1-3-4-5-6-8-12-9-7-10-14(12)15-11(2)13(17)16-14/h3,11-12,15H,1,4-10H2,2H3,(H,16,17). The summed E-state index contributed by atoms with van der Waals surface area (Å²) in [6.45, 7) is 5.71. The van der Waals surface area contributed by atoms with Gasteiger partial charge in [-0.05, 0) is 51.4 Å². The molecule has 1 spiro atoms. The molecule has 1 amide bonds. The van der Waals surface area contributed by atoms with Crippen LogP contribution in [0, 0.1) is 5.92 Å². The molecule has 1 aliphatic heterocycles. The SMILES string of the molecule is C=CCCCCC1CCCC12NC(=O)C(C)N2. The van der Waals surface area contributed by atoms with Gasteiger partial charge in [-0.1, -0.05) is 12.5 Å². The second kappa shape index (κ2) is 5.21. The summed E-state index contributed by atoms with van der Waals surface area (Å²) in [6, 6.07) is -0.0243. The lowest BCUT2D eigenvalue weighted by Gasteiger charge is -2.32. The normalized spacial score (nSPS) is 36.4. The molecule has 2 N–H and O–H groups in total. The van der Waals surface area contributed by atoms with E-state index in [4.69, 9.17) is 0 Å². The highest BCUT2D eigenvalue weighted by Gasteiger charge is 2.49. The molecular weight excluding hydrogens is 212 g/mol. The third-order valence-electron chi connectivity index (χ3n) is 4.25. The third-order valence-corrected chi connectivity index (χ3v) is 4.25. The van der Waals surface area contributed by atoms with Crippen molar-refractivity contribution >= 4 is 5.91 Å². The van der Waals surface area contributed by atoms with E-state index in [-0.39, 0.29) is 17.6 Å². The molecule has 1 saturated carbocycles. The number of hydrogen-bond acceptors (Lipinski definition) is 2. The highest BCUT2D eigenvalue weighted by molar-refractivity contribution is 5.84. The zero-order valence-electron chi connectivity index (χ0n) is 10.8. The van der Waals surface area contributed by atoms with Gasteiger partial charge >= 0.3 is 0 Å². The molecule has 1 aliphatic carbocycles. The van der Waals surface area contributed by atoms with Gasteiger partial charge in [0.1, 0.15) is 0 Å². The lowest BCUT2D eigenvalue weighted by atomic mass is 9.91. The molecule has 17 heavy (non-hydrogen) atoms. The Morgan fingerprint density at radius 2 is 2.35 bits per heavy atom. The predicted molar refractivity (Wildman–Crippen MR) is 69.5 cm³/mol. The Kier molecular flexibility index (Phi) is 3.87. The van der Waals surface area contributed by atoms with Crippen LogP contribution in [0.4, 0.5) is 0 Å². The number of nitrogens with one attached hydrogen (secondary N) is 2. The van der Waals surface area contributed by atoms with E-state index < -0.39 is 0 Å². The van der Waals surface area contributed by atoms with Crippen LogP contribution in [-0.4, -0.2) is 17.6 Å². The Balaban J connectivity index is 1.89. The fourth-order valence-corrected chi connectivity index (χ4v) is 3.32. The minimum absolute atomic E-state index is 0.0243. The van der Waals surface area contributed by atoms with E-state index in [1.54, 1.807) is 0 Å². The number of carbonyl (C=O) groups excluding carboxylic acids is 1. The zero-order chi connectivity index (χ0) is 12.3. The summed E-state index contributed by atoms with van der Waals surface area (Å²) in [4.78, 5) is 11.7. The van der Waals surface area contributed by atoms with E-state index in [0.717, 1.165) is 12.8 Å². The van der Waals surface area contributed by atoms with Crippen LogP contribution in [0.2, 0.25) is 0 Å². The van der Waals surface area contributed by atoms with Gasteiger partial charge in [0.25, 0.3) is 0 Å². The summed E-state index contributed by atoms with van der Waals surface area (Å²) in [7, 11) is 0. The van der Waals surface area contributed by atoms with Crippen LogP contribution in [-0.2, 0) is 4.79 Å². The number of carbonyl (C=O) groups is 1. The summed E-state index contributed by atoms with van der Waals surface area (Å²) in [6.07, 6.45) is 10.3. The van der Waals surface area contributed by atoms with Crippen molar-refractivity contribution in [2.75, 3.05) is 0 Å². The topological polar surface area (TPSA) is 41.1 Å². The third kappa shape index (κ3) is 2.54. The first-order valence-corrected chi connectivity index (χ1v) is 6.88. The summed E-state index contributed by atoms with van der Waals surface area (Å²) in [5.74, 6) is 0.782. The summed E-state index contributed by atoms with van der Waals surface area (Å²) in [5.41, 5.74) is -0.0787. The van der Waals surface area contributed by atoms with Crippen LogP contribution >= 0.6 is 0 Å². The Morgan fingerprint density at radius 1 is 1.53 bits per heavy atom. The van der Waals surface area contributed by atoms with Crippen molar-refractivity contribution < 1.29 is 4.79 Å². The van der Waals surface area contributed by atoms with Gasteiger partial charge in [-0.3, -0.25) is 10.1 Å². The number of rotatable bonds is 5. The maximum absolute atomic E-state index is 11.7. The first kappa shape index (κ1) is 12.6. The van der Waals surface area contributed by atoms with Crippen LogP contribution in [0.25, 0.3) is 0 Å². The average Bonchev–Trinajstić information content (AvgIpc) is 2.80. The predicted octanol–water partition coefficient (Wildman–Crippen LogP) is 2.34. The molecule has 3 unspecified atom stereocenters. The summed E-state index contributed by atoms with van der Waals surface area (Å²) in [5, 5.41) is 6.69. The highest BCUT2D eigenvalue weighted by atomic mass is 16.2. The Hall–Kier alpha value is -0.830. The minimum atomic E-state index is -0.0787. The Labute approximate surface area is 104 Å². The molecule has 0 aromatic rings. The molecule has 0 aromatic heterocycles. The highest BCUT2D eigenvalue weighted by Crippen LogP contribution is 2.39. The van der Waals surface area contributed by atoms with Crippen molar-refractivity contribution in [1.82, 2.24) is 10.6 Å². The monoisotopic (exact) mass is 236 g/mol. The quantitative estimate of drug-likeness (QED) is 0.568. The van der Waals surface area contributed by atoms with Crippen LogP contribution in [0.1, 0.15) is 51.9 Å².